The Kier molecular flexibility index (Phi) is 4.37. The van der Waals surface area contributed by atoms with E-state index in [1.54, 1.807) is 0 Å². The standard InChI is InChI=1S/C14H18O5/c1-9(14(17)19-11-3-2-4-11)7-10(13(15)16)5-6-12-8-18-12/h7,11-12H,1-6,8H2,(H,15,16). The maximum Gasteiger partial charge on any atom is 0.337 e. The van der Waals surface area contributed by atoms with Crippen LogP contribution in [0.3, 0.4) is 0 Å². The van der Waals surface area contributed by atoms with Gasteiger partial charge in [0.25, 0.3) is 0 Å². The van der Waals surface area contributed by atoms with Crippen molar-refractivity contribution in [3.63, 3.8) is 0 Å². The molecule has 2 rings (SSSR count). The molecule has 0 radical (unpaired) electrons. The van der Waals surface area contributed by atoms with Crippen molar-refractivity contribution in [1.82, 2.24) is 0 Å². The summed E-state index contributed by atoms with van der Waals surface area (Å²) in [6.07, 6.45) is 5.32. The van der Waals surface area contributed by atoms with Crippen LogP contribution in [0.15, 0.2) is 23.8 Å². The van der Waals surface area contributed by atoms with E-state index in [4.69, 9.17) is 14.6 Å². The number of carbonyl (C=O) groups excluding carboxylic acids is 1. The second kappa shape index (κ2) is 6.02. The van der Waals surface area contributed by atoms with Crippen molar-refractivity contribution in [1.29, 1.82) is 0 Å². The minimum Gasteiger partial charge on any atom is -0.478 e. The van der Waals surface area contributed by atoms with Crippen molar-refractivity contribution in [2.24, 2.45) is 0 Å². The highest BCUT2D eigenvalue weighted by Crippen LogP contribution is 2.24. The number of carboxylic acids is 1. The molecule has 5 heteroatoms. The summed E-state index contributed by atoms with van der Waals surface area (Å²) in [5.41, 5.74) is 0.270. The van der Waals surface area contributed by atoms with Gasteiger partial charge in [0.2, 0.25) is 0 Å². The minimum absolute atomic E-state index is 0.0224. The Labute approximate surface area is 111 Å². The average Bonchev–Trinajstić information content (AvgIpc) is 3.12. The van der Waals surface area contributed by atoms with Gasteiger partial charge in [-0.05, 0) is 38.2 Å². The third-order valence-electron chi connectivity index (χ3n) is 3.35. The van der Waals surface area contributed by atoms with Crippen molar-refractivity contribution >= 4 is 11.9 Å². The fourth-order valence-corrected chi connectivity index (χ4v) is 1.78. The second-order valence-electron chi connectivity index (χ2n) is 4.95. The molecular formula is C14H18O5. The van der Waals surface area contributed by atoms with Crippen LogP contribution in [0, 0.1) is 0 Å². The van der Waals surface area contributed by atoms with Crippen LogP contribution in [0.2, 0.25) is 0 Å². The van der Waals surface area contributed by atoms with Gasteiger partial charge in [0.1, 0.15) is 6.10 Å². The number of aliphatic carboxylic acids is 1. The molecular weight excluding hydrogens is 248 g/mol. The van der Waals surface area contributed by atoms with E-state index in [1.165, 1.54) is 6.08 Å². The SMILES string of the molecule is C=C(C=C(CCC1CO1)C(=O)O)C(=O)OC1CCC1. The van der Waals surface area contributed by atoms with Crippen LogP contribution in [0.25, 0.3) is 0 Å². The van der Waals surface area contributed by atoms with Crippen molar-refractivity contribution in [3.05, 3.63) is 23.8 Å². The summed E-state index contributed by atoms with van der Waals surface area (Å²) in [5, 5.41) is 9.07. The molecule has 104 valence electrons. The number of hydrogen-bond donors (Lipinski definition) is 1. The van der Waals surface area contributed by atoms with E-state index in [-0.39, 0.29) is 23.4 Å². The van der Waals surface area contributed by atoms with Crippen LogP contribution in [0.4, 0.5) is 0 Å². The van der Waals surface area contributed by atoms with Gasteiger partial charge >= 0.3 is 11.9 Å². The van der Waals surface area contributed by atoms with Crippen molar-refractivity contribution < 1.29 is 24.2 Å². The quantitative estimate of drug-likeness (QED) is 0.329. The zero-order chi connectivity index (χ0) is 13.8. The maximum absolute atomic E-state index is 11.7. The van der Waals surface area contributed by atoms with E-state index in [9.17, 15) is 9.59 Å². The number of carboxylic acid groups (broad SMARTS) is 1. The lowest BCUT2D eigenvalue weighted by Gasteiger charge is -2.25. The zero-order valence-electron chi connectivity index (χ0n) is 10.8. The van der Waals surface area contributed by atoms with E-state index in [1.807, 2.05) is 0 Å². The first-order valence-corrected chi connectivity index (χ1v) is 6.51. The number of carbonyl (C=O) groups is 2. The molecule has 0 spiro atoms. The Morgan fingerprint density at radius 2 is 2.11 bits per heavy atom. The van der Waals surface area contributed by atoms with Crippen LogP contribution < -0.4 is 0 Å². The van der Waals surface area contributed by atoms with Crippen LogP contribution in [-0.4, -0.2) is 35.9 Å². The third-order valence-corrected chi connectivity index (χ3v) is 3.35. The molecule has 1 unspecified atom stereocenters. The molecule has 0 bridgehead atoms. The normalized spacial score (nSPS) is 22.5. The van der Waals surface area contributed by atoms with Gasteiger partial charge in [-0.3, -0.25) is 0 Å². The van der Waals surface area contributed by atoms with Crippen LogP contribution in [0.5, 0.6) is 0 Å². The summed E-state index contributed by atoms with van der Waals surface area (Å²) in [4.78, 5) is 22.7. The lowest BCUT2D eigenvalue weighted by molar-refractivity contribution is -0.147. The highest BCUT2D eigenvalue weighted by Gasteiger charge is 2.25. The topological polar surface area (TPSA) is 76.1 Å². The van der Waals surface area contributed by atoms with Gasteiger partial charge in [-0.1, -0.05) is 6.58 Å². The molecule has 1 saturated heterocycles. The summed E-state index contributed by atoms with van der Waals surface area (Å²) in [6.45, 7) is 4.28. The molecule has 2 aliphatic rings. The Morgan fingerprint density at radius 1 is 1.42 bits per heavy atom. The molecule has 1 aliphatic carbocycles. The van der Waals surface area contributed by atoms with E-state index < -0.39 is 11.9 Å². The van der Waals surface area contributed by atoms with Gasteiger partial charge in [0.15, 0.2) is 0 Å². The molecule has 19 heavy (non-hydrogen) atoms. The monoisotopic (exact) mass is 266 g/mol. The first kappa shape index (κ1) is 13.8. The Morgan fingerprint density at radius 3 is 2.58 bits per heavy atom. The first-order chi connectivity index (χ1) is 9.06. The number of ether oxygens (including phenoxy) is 2. The largest absolute Gasteiger partial charge is 0.478 e. The maximum atomic E-state index is 11.7. The lowest BCUT2D eigenvalue weighted by atomic mass is 9.96. The summed E-state index contributed by atoms with van der Waals surface area (Å²) < 4.78 is 10.2. The minimum atomic E-state index is -1.03. The average molecular weight is 266 g/mol. The Hall–Kier alpha value is -1.62. The predicted octanol–water partition coefficient (Wildman–Crippen LogP) is 1.83. The van der Waals surface area contributed by atoms with Crippen LogP contribution >= 0.6 is 0 Å². The number of hydrogen-bond acceptors (Lipinski definition) is 4. The van der Waals surface area contributed by atoms with Crippen molar-refractivity contribution in [3.8, 4) is 0 Å². The van der Waals surface area contributed by atoms with Gasteiger partial charge < -0.3 is 14.6 Å². The van der Waals surface area contributed by atoms with Gasteiger partial charge in [0.05, 0.1) is 18.3 Å². The van der Waals surface area contributed by atoms with Gasteiger partial charge in [-0.25, -0.2) is 9.59 Å². The van der Waals surface area contributed by atoms with Gasteiger partial charge in [0, 0.05) is 5.57 Å². The number of epoxide rings is 1. The molecule has 0 aromatic carbocycles. The van der Waals surface area contributed by atoms with E-state index in [0.717, 1.165) is 19.3 Å². The molecule has 0 aromatic heterocycles. The number of esters is 1. The molecule has 1 atom stereocenters. The highest BCUT2D eigenvalue weighted by atomic mass is 16.6. The summed E-state index contributed by atoms with van der Waals surface area (Å²) in [5.74, 6) is -1.55. The second-order valence-corrected chi connectivity index (χ2v) is 4.95. The lowest BCUT2D eigenvalue weighted by Crippen LogP contribution is -2.25. The molecule has 1 N–H and O–H groups in total. The van der Waals surface area contributed by atoms with E-state index in [0.29, 0.717) is 19.4 Å². The smallest absolute Gasteiger partial charge is 0.337 e. The summed E-state index contributed by atoms with van der Waals surface area (Å²) in [6, 6.07) is 0. The highest BCUT2D eigenvalue weighted by molar-refractivity contribution is 5.95. The Balaban J connectivity index is 1.87. The molecule has 5 nitrogen and oxygen atoms in total. The molecule has 1 saturated carbocycles. The van der Waals surface area contributed by atoms with Crippen LogP contribution in [0.1, 0.15) is 32.1 Å². The first-order valence-electron chi connectivity index (χ1n) is 6.51. The molecule has 1 heterocycles. The fraction of sp³-hybridized carbons (Fsp3) is 0.571. The van der Waals surface area contributed by atoms with Crippen molar-refractivity contribution in [2.75, 3.05) is 6.61 Å². The fourth-order valence-electron chi connectivity index (χ4n) is 1.78. The molecule has 2 fully saturated rings. The third kappa shape index (κ3) is 4.21. The van der Waals surface area contributed by atoms with E-state index >= 15 is 0 Å². The van der Waals surface area contributed by atoms with Gasteiger partial charge in [-0.15, -0.1) is 0 Å². The van der Waals surface area contributed by atoms with Crippen molar-refractivity contribution in [2.45, 2.75) is 44.3 Å². The predicted molar refractivity (Wildman–Crippen MR) is 67.6 cm³/mol. The van der Waals surface area contributed by atoms with E-state index in [2.05, 4.69) is 6.58 Å². The Bertz CT molecular complexity index is 416. The molecule has 0 amide bonds. The summed E-state index contributed by atoms with van der Waals surface area (Å²) >= 11 is 0. The molecule has 0 aromatic rings. The zero-order valence-corrected chi connectivity index (χ0v) is 10.8. The molecule has 1 aliphatic heterocycles. The number of rotatable bonds is 7. The summed E-state index contributed by atoms with van der Waals surface area (Å²) in [7, 11) is 0. The van der Waals surface area contributed by atoms with Gasteiger partial charge in [-0.2, -0.15) is 0 Å². The van der Waals surface area contributed by atoms with Crippen LogP contribution in [-0.2, 0) is 19.1 Å².